The molecule has 1 rings (SSSR count). The van der Waals surface area contributed by atoms with E-state index in [9.17, 15) is 0 Å². The highest BCUT2D eigenvalue weighted by Gasteiger charge is 2.32. The van der Waals surface area contributed by atoms with Gasteiger partial charge in [-0.2, -0.15) is 0 Å². The van der Waals surface area contributed by atoms with Crippen molar-refractivity contribution in [3.8, 4) is 0 Å². The zero-order valence-corrected chi connectivity index (χ0v) is 10.7. The topological polar surface area (TPSA) is 47.7 Å². The zero-order chi connectivity index (χ0) is 11.9. The first-order valence-corrected chi connectivity index (χ1v) is 6.26. The van der Waals surface area contributed by atoms with Crippen LogP contribution in [-0.2, 0) is 9.47 Å². The van der Waals surface area contributed by atoms with Gasteiger partial charge in [-0.15, -0.1) is 0 Å². The van der Waals surface area contributed by atoms with Gasteiger partial charge in [0, 0.05) is 32.9 Å². The van der Waals surface area contributed by atoms with E-state index in [-0.39, 0.29) is 5.41 Å². The van der Waals surface area contributed by atoms with Crippen LogP contribution in [0.1, 0.15) is 19.8 Å². The summed E-state index contributed by atoms with van der Waals surface area (Å²) in [7, 11) is 2.14. The molecule has 0 amide bonds. The van der Waals surface area contributed by atoms with E-state index >= 15 is 0 Å². The van der Waals surface area contributed by atoms with Gasteiger partial charge in [0.1, 0.15) is 0 Å². The Kier molecular flexibility index (Phi) is 6.28. The van der Waals surface area contributed by atoms with Gasteiger partial charge in [0.05, 0.1) is 6.61 Å². The molecule has 4 nitrogen and oxygen atoms in total. The molecule has 0 saturated carbocycles. The van der Waals surface area contributed by atoms with Crippen LogP contribution in [0.3, 0.4) is 0 Å². The summed E-state index contributed by atoms with van der Waals surface area (Å²) in [4.78, 5) is 2.33. The van der Waals surface area contributed by atoms with Crippen LogP contribution in [0.15, 0.2) is 0 Å². The fourth-order valence-electron chi connectivity index (χ4n) is 2.25. The summed E-state index contributed by atoms with van der Waals surface area (Å²) in [5.74, 6) is 0. The van der Waals surface area contributed by atoms with Crippen LogP contribution >= 0.6 is 0 Å². The van der Waals surface area contributed by atoms with Crippen molar-refractivity contribution in [1.82, 2.24) is 4.90 Å². The lowest BCUT2D eigenvalue weighted by Crippen LogP contribution is -2.45. The standard InChI is InChI=1S/C12H26N2O2/c1-3-15-9-6-14(2)11-12(10-13)4-7-16-8-5-12/h3-11,13H2,1-2H3. The van der Waals surface area contributed by atoms with Crippen LogP contribution in [0.4, 0.5) is 0 Å². The van der Waals surface area contributed by atoms with Crippen molar-refractivity contribution >= 4 is 0 Å². The van der Waals surface area contributed by atoms with E-state index in [1.165, 1.54) is 0 Å². The van der Waals surface area contributed by atoms with Gasteiger partial charge >= 0.3 is 0 Å². The molecule has 1 aliphatic rings. The van der Waals surface area contributed by atoms with E-state index < -0.39 is 0 Å². The van der Waals surface area contributed by atoms with Gasteiger partial charge in [0.2, 0.25) is 0 Å². The molecule has 16 heavy (non-hydrogen) atoms. The van der Waals surface area contributed by atoms with Crippen molar-refractivity contribution in [2.24, 2.45) is 11.1 Å². The highest BCUT2D eigenvalue weighted by molar-refractivity contribution is 4.85. The highest BCUT2D eigenvalue weighted by Crippen LogP contribution is 2.29. The van der Waals surface area contributed by atoms with Crippen molar-refractivity contribution in [3.63, 3.8) is 0 Å². The molecule has 0 aliphatic carbocycles. The van der Waals surface area contributed by atoms with Gasteiger partial charge in [0.15, 0.2) is 0 Å². The molecule has 0 radical (unpaired) electrons. The number of nitrogens with zero attached hydrogens (tertiary/aromatic N) is 1. The summed E-state index contributed by atoms with van der Waals surface area (Å²) in [6.07, 6.45) is 2.17. The van der Waals surface area contributed by atoms with Crippen molar-refractivity contribution in [2.45, 2.75) is 19.8 Å². The van der Waals surface area contributed by atoms with Crippen molar-refractivity contribution < 1.29 is 9.47 Å². The Morgan fingerprint density at radius 1 is 1.38 bits per heavy atom. The summed E-state index contributed by atoms with van der Waals surface area (Å²) >= 11 is 0. The van der Waals surface area contributed by atoms with Gasteiger partial charge in [0.25, 0.3) is 0 Å². The van der Waals surface area contributed by atoms with E-state index in [1.807, 2.05) is 6.92 Å². The Balaban J connectivity index is 2.30. The minimum Gasteiger partial charge on any atom is -0.381 e. The number of ether oxygens (including phenoxy) is 2. The minimum atomic E-state index is 0.263. The van der Waals surface area contributed by atoms with E-state index in [2.05, 4.69) is 11.9 Å². The number of hydrogen-bond donors (Lipinski definition) is 1. The van der Waals surface area contributed by atoms with Crippen LogP contribution < -0.4 is 5.73 Å². The monoisotopic (exact) mass is 230 g/mol. The van der Waals surface area contributed by atoms with Crippen LogP contribution in [0.5, 0.6) is 0 Å². The van der Waals surface area contributed by atoms with Gasteiger partial charge in [-0.3, -0.25) is 0 Å². The summed E-state index contributed by atoms with van der Waals surface area (Å²) in [5.41, 5.74) is 6.19. The Morgan fingerprint density at radius 3 is 2.62 bits per heavy atom. The zero-order valence-electron chi connectivity index (χ0n) is 10.7. The molecule has 0 aromatic heterocycles. The summed E-state index contributed by atoms with van der Waals surface area (Å²) in [6, 6.07) is 0. The molecule has 1 fully saturated rings. The minimum absolute atomic E-state index is 0.263. The van der Waals surface area contributed by atoms with E-state index in [0.717, 1.165) is 58.9 Å². The first-order chi connectivity index (χ1) is 7.72. The lowest BCUT2D eigenvalue weighted by molar-refractivity contribution is -0.0000134. The molecule has 1 aliphatic heterocycles. The molecule has 0 spiro atoms. The molecular formula is C12H26N2O2. The normalized spacial score (nSPS) is 20.2. The average molecular weight is 230 g/mol. The van der Waals surface area contributed by atoms with Crippen LogP contribution in [0.25, 0.3) is 0 Å². The number of hydrogen-bond acceptors (Lipinski definition) is 4. The molecule has 0 bridgehead atoms. The van der Waals surface area contributed by atoms with Gasteiger partial charge in [-0.1, -0.05) is 0 Å². The van der Waals surface area contributed by atoms with Gasteiger partial charge in [-0.25, -0.2) is 0 Å². The second kappa shape index (κ2) is 7.22. The second-order valence-corrected chi connectivity index (χ2v) is 4.75. The van der Waals surface area contributed by atoms with Crippen molar-refractivity contribution in [1.29, 1.82) is 0 Å². The SMILES string of the molecule is CCOCCN(C)CC1(CN)CCOCC1. The summed E-state index contributed by atoms with van der Waals surface area (Å²) in [6.45, 7) is 8.15. The third kappa shape index (κ3) is 4.37. The van der Waals surface area contributed by atoms with E-state index in [0.29, 0.717) is 0 Å². The van der Waals surface area contributed by atoms with Crippen molar-refractivity contribution in [2.75, 3.05) is 53.1 Å². The summed E-state index contributed by atoms with van der Waals surface area (Å²) in [5, 5.41) is 0. The lowest BCUT2D eigenvalue weighted by atomic mass is 9.80. The van der Waals surface area contributed by atoms with Gasteiger partial charge < -0.3 is 20.1 Å². The quantitative estimate of drug-likeness (QED) is 0.654. The molecule has 1 heterocycles. The molecule has 2 N–H and O–H groups in total. The Labute approximate surface area is 99.1 Å². The van der Waals surface area contributed by atoms with Gasteiger partial charge in [-0.05, 0) is 38.8 Å². The maximum Gasteiger partial charge on any atom is 0.0593 e. The smallest absolute Gasteiger partial charge is 0.0593 e. The highest BCUT2D eigenvalue weighted by atomic mass is 16.5. The first kappa shape index (κ1) is 13.9. The molecule has 0 aromatic carbocycles. The molecular weight excluding hydrogens is 204 g/mol. The Bertz CT molecular complexity index is 182. The predicted octanol–water partition coefficient (Wildman–Crippen LogP) is 0.710. The lowest BCUT2D eigenvalue weighted by Gasteiger charge is -2.39. The fourth-order valence-corrected chi connectivity index (χ4v) is 2.25. The largest absolute Gasteiger partial charge is 0.381 e. The Morgan fingerprint density at radius 2 is 2.06 bits per heavy atom. The molecule has 1 saturated heterocycles. The Hall–Kier alpha value is -0.160. The molecule has 0 atom stereocenters. The van der Waals surface area contributed by atoms with Crippen LogP contribution in [0, 0.1) is 5.41 Å². The van der Waals surface area contributed by atoms with E-state index in [4.69, 9.17) is 15.2 Å². The fraction of sp³-hybridized carbons (Fsp3) is 1.00. The molecule has 4 heteroatoms. The third-order valence-electron chi connectivity index (χ3n) is 3.41. The van der Waals surface area contributed by atoms with E-state index in [1.54, 1.807) is 0 Å². The maximum atomic E-state index is 5.93. The maximum absolute atomic E-state index is 5.93. The van der Waals surface area contributed by atoms with Crippen LogP contribution in [-0.4, -0.2) is 58.0 Å². The summed E-state index contributed by atoms with van der Waals surface area (Å²) < 4.78 is 10.8. The number of likely N-dealkylation sites (N-methyl/N-ethyl adjacent to an activating group) is 1. The average Bonchev–Trinajstić information content (AvgIpc) is 2.30. The van der Waals surface area contributed by atoms with Crippen LogP contribution in [0.2, 0.25) is 0 Å². The first-order valence-electron chi connectivity index (χ1n) is 6.26. The molecule has 96 valence electrons. The molecule has 0 unspecified atom stereocenters. The third-order valence-corrected chi connectivity index (χ3v) is 3.41. The predicted molar refractivity (Wildman–Crippen MR) is 65.5 cm³/mol. The molecule has 0 aromatic rings. The van der Waals surface area contributed by atoms with Crippen molar-refractivity contribution in [3.05, 3.63) is 0 Å². The second-order valence-electron chi connectivity index (χ2n) is 4.75. The number of rotatable bonds is 7. The number of nitrogens with two attached hydrogens (primary N) is 1.